The summed E-state index contributed by atoms with van der Waals surface area (Å²) in [4.78, 5) is 28.8. The number of hydrogen-bond acceptors (Lipinski definition) is 4. The Morgan fingerprint density at radius 1 is 0.838 bits per heavy atom. The number of rotatable bonds is 11. The zero-order chi connectivity index (χ0) is 27.0. The zero-order valence-corrected chi connectivity index (χ0v) is 22.6. The van der Waals surface area contributed by atoms with Crippen molar-refractivity contribution < 1.29 is 18.0 Å². The number of anilines is 1. The molecule has 0 unspecified atom stereocenters. The highest BCUT2D eigenvalue weighted by Crippen LogP contribution is 2.21. The highest BCUT2D eigenvalue weighted by atomic mass is 32.2. The minimum Gasteiger partial charge on any atom is -0.352 e. The lowest BCUT2D eigenvalue weighted by Crippen LogP contribution is -2.54. The van der Waals surface area contributed by atoms with Gasteiger partial charge in [0.25, 0.3) is 0 Å². The molecule has 0 aliphatic heterocycles. The molecule has 0 saturated heterocycles. The van der Waals surface area contributed by atoms with Crippen LogP contribution in [0.2, 0.25) is 0 Å². The second-order valence-corrected chi connectivity index (χ2v) is 11.4. The van der Waals surface area contributed by atoms with Crippen molar-refractivity contribution in [1.82, 2.24) is 10.2 Å². The number of aryl methyl sites for hydroxylation is 1. The Labute approximate surface area is 220 Å². The van der Waals surface area contributed by atoms with Crippen molar-refractivity contribution >= 4 is 27.5 Å². The van der Waals surface area contributed by atoms with Gasteiger partial charge in [0, 0.05) is 19.0 Å². The van der Waals surface area contributed by atoms with Crippen LogP contribution in [0, 0.1) is 6.92 Å². The van der Waals surface area contributed by atoms with E-state index in [9.17, 15) is 18.0 Å². The van der Waals surface area contributed by atoms with Crippen LogP contribution in [0.15, 0.2) is 84.9 Å². The van der Waals surface area contributed by atoms with Gasteiger partial charge in [-0.3, -0.25) is 13.9 Å². The summed E-state index contributed by atoms with van der Waals surface area (Å²) in [5, 5.41) is 2.94. The Bertz CT molecular complexity index is 1280. The van der Waals surface area contributed by atoms with E-state index in [0.717, 1.165) is 27.3 Å². The van der Waals surface area contributed by atoms with Crippen molar-refractivity contribution in [3.05, 3.63) is 102 Å². The van der Waals surface area contributed by atoms with Gasteiger partial charge >= 0.3 is 0 Å². The fraction of sp³-hybridized carbons (Fsp3) is 0.310. The molecule has 1 N–H and O–H groups in total. The molecule has 0 radical (unpaired) electrons. The molecule has 0 aliphatic rings. The number of benzene rings is 3. The first-order chi connectivity index (χ1) is 17.5. The van der Waals surface area contributed by atoms with Crippen molar-refractivity contribution in [1.29, 1.82) is 0 Å². The maximum absolute atomic E-state index is 13.9. The molecule has 3 rings (SSSR count). The number of sulfonamides is 1. The van der Waals surface area contributed by atoms with Gasteiger partial charge in [-0.05, 0) is 44.0 Å². The fourth-order valence-corrected chi connectivity index (χ4v) is 4.89. The third kappa shape index (κ3) is 8.18. The maximum Gasteiger partial charge on any atom is 0.244 e. The summed E-state index contributed by atoms with van der Waals surface area (Å²) >= 11 is 0. The molecule has 0 heterocycles. The van der Waals surface area contributed by atoms with Crippen LogP contribution < -0.4 is 9.62 Å². The molecule has 196 valence electrons. The van der Waals surface area contributed by atoms with Gasteiger partial charge in [-0.2, -0.15) is 0 Å². The summed E-state index contributed by atoms with van der Waals surface area (Å²) in [5.41, 5.74) is 3.11. The normalized spacial score (nSPS) is 12.1. The van der Waals surface area contributed by atoms with Crippen molar-refractivity contribution in [2.24, 2.45) is 0 Å². The molecule has 7 nitrogen and oxygen atoms in total. The molecule has 0 fully saturated rings. The summed E-state index contributed by atoms with van der Waals surface area (Å²) in [5.74, 6) is -0.751. The first kappa shape index (κ1) is 27.9. The third-order valence-corrected chi connectivity index (χ3v) is 7.04. The van der Waals surface area contributed by atoms with Crippen LogP contribution in [-0.2, 0) is 32.6 Å². The fourth-order valence-electron chi connectivity index (χ4n) is 4.04. The third-order valence-electron chi connectivity index (χ3n) is 5.90. The van der Waals surface area contributed by atoms with Gasteiger partial charge in [0.1, 0.15) is 12.6 Å². The van der Waals surface area contributed by atoms with E-state index in [2.05, 4.69) is 5.32 Å². The molecule has 2 amide bonds. The standard InChI is InChI=1S/C29H35N3O4S/c1-22(2)30-29(34)27(19-24-11-7-5-8-12-24)31(20-25-13-9-6-10-14-25)28(33)21-32(37(4,35)36)26-17-15-23(3)16-18-26/h5-18,22,27H,19-21H2,1-4H3,(H,30,34)/t27-/m1/s1. The number of hydrogen-bond donors (Lipinski definition) is 1. The van der Waals surface area contributed by atoms with Gasteiger partial charge in [-0.15, -0.1) is 0 Å². The summed E-state index contributed by atoms with van der Waals surface area (Å²) in [6, 6.07) is 24.9. The van der Waals surface area contributed by atoms with E-state index in [4.69, 9.17) is 0 Å². The van der Waals surface area contributed by atoms with Crippen molar-refractivity contribution in [2.45, 2.75) is 45.8 Å². The van der Waals surface area contributed by atoms with Gasteiger partial charge in [0.15, 0.2) is 0 Å². The van der Waals surface area contributed by atoms with Gasteiger partial charge in [-0.25, -0.2) is 8.42 Å². The van der Waals surface area contributed by atoms with Gasteiger partial charge in [0.05, 0.1) is 11.9 Å². The van der Waals surface area contributed by atoms with E-state index in [0.29, 0.717) is 12.1 Å². The Morgan fingerprint density at radius 2 is 1.38 bits per heavy atom. The van der Waals surface area contributed by atoms with Gasteiger partial charge in [0.2, 0.25) is 21.8 Å². The van der Waals surface area contributed by atoms with Crippen LogP contribution in [-0.4, -0.2) is 50.0 Å². The van der Waals surface area contributed by atoms with E-state index >= 15 is 0 Å². The summed E-state index contributed by atoms with van der Waals surface area (Å²) in [6.07, 6.45) is 1.37. The summed E-state index contributed by atoms with van der Waals surface area (Å²) < 4.78 is 26.6. The quantitative estimate of drug-likeness (QED) is 0.414. The Kier molecular flexibility index (Phi) is 9.47. The van der Waals surface area contributed by atoms with Crippen LogP contribution in [0.5, 0.6) is 0 Å². The second-order valence-electron chi connectivity index (χ2n) is 9.48. The van der Waals surface area contributed by atoms with Gasteiger partial charge < -0.3 is 10.2 Å². The highest BCUT2D eigenvalue weighted by molar-refractivity contribution is 7.92. The van der Waals surface area contributed by atoms with Crippen molar-refractivity contribution in [3.8, 4) is 0 Å². The number of carbonyl (C=O) groups excluding carboxylic acids is 2. The molecule has 0 spiro atoms. The van der Waals surface area contributed by atoms with Crippen molar-refractivity contribution in [2.75, 3.05) is 17.1 Å². The molecular formula is C29H35N3O4S. The lowest BCUT2D eigenvalue weighted by atomic mass is 10.0. The van der Waals surface area contributed by atoms with E-state index < -0.39 is 28.5 Å². The lowest BCUT2D eigenvalue weighted by Gasteiger charge is -2.34. The highest BCUT2D eigenvalue weighted by Gasteiger charge is 2.33. The molecule has 37 heavy (non-hydrogen) atoms. The number of amides is 2. The van der Waals surface area contributed by atoms with Crippen molar-refractivity contribution in [3.63, 3.8) is 0 Å². The van der Waals surface area contributed by atoms with Crippen LogP contribution in [0.3, 0.4) is 0 Å². The topological polar surface area (TPSA) is 86.8 Å². The summed E-state index contributed by atoms with van der Waals surface area (Å²) in [7, 11) is -3.77. The van der Waals surface area contributed by atoms with Crippen LogP contribution >= 0.6 is 0 Å². The lowest BCUT2D eigenvalue weighted by molar-refractivity contribution is -0.140. The first-order valence-electron chi connectivity index (χ1n) is 12.3. The average Bonchev–Trinajstić information content (AvgIpc) is 2.85. The van der Waals surface area contributed by atoms with Gasteiger partial charge in [-0.1, -0.05) is 78.4 Å². The first-order valence-corrected chi connectivity index (χ1v) is 14.1. The minimum atomic E-state index is -3.77. The Balaban J connectivity index is 2.02. The van der Waals surface area contributed by atoms with Crippen LogP contribution in [0.25, 0.3) is 0 Å². The molecular weight excluding hydrogens is 486 g/mol. The SMILES string of the molecule is Cc1ccc(N(CC(=O)N(Cc2ccccc2)[C@H](Cc2ccccc2)C(=O)NC(C)C)S(C)(=O)=O)cc1. The molecule has 1 atom stereocenters. The maximum atomic E-state index is 13.9. The minimum absolute atomic E-state index is 0.125. The number of carbonyl (C=O) groups is 2. The predicted octanol–water partition coefficient (Wildman–Crippen LogP) is 3.93. The average molecular weight is 522 g/mol. The Morgan fingerprint density at radius 3 is 1.89 bits per heavy atom. The van der Waals surface area contributed by atoms with E-state index in [-0.39, 0.29) is 18.5 Å². The molecule has 3 aromatic rings. The molecule has 8 heteroatoms. The smallest absolute Gasteiger partial charge is 0.244 e. The molecule has 0 aliphatic carbocycles. The van der Waals surface area contributed by atoms with Crippen LogP contribution in [0.1, 0.15) is 30.5 Å². The Hall–Kier alpha value is -3.65. The van der Waals surface area contributed by atoms with E-state index in [1.54, 1.807) is 24.3 Å². The second kappa shape index (κ2) is 12.5. The number of nitrogens with one attached hydrogen (secondary N) is 1. The summed E-state index contributed by atoms with van der Waals surface area (Å²) in [6.45, 7) is 5.37. The predicted molar refractivity (Wildman–Crippen MR) is 148 cm³/mol. The molecule has 0 saturated carbocycles. The zero-order valence-electron chi connectivity index (χ0n) is 21.8. The molecule has 0 aromatic heterocycles. The van der Waals surface area contributed by atoms with E-state index in [1.807, 2.05) is 81.4 Å². The monoisotopic (exact) mass is 521 g/mol. The molecule has 3 aromatic carbocycles. The number of nitrogens with zero attached hydrogens (tertiary/aromatic N) is 2. The van der Waals surface area contributed by atoms with E-state index in [1.165, 1.54) is 4.90 Å². The van der Waals surface area contributed by atoms with Crippen LogP contribution in [0.4, 0.5) is 5.69 Å². The molecule has 0 bridgehead atoms. The largest absolute Gasteiger partial charge is 0.352 e.